The van der Waals surface area contributed by atoms with Crippen molar-refractivity contribution in [3.05, 3.63) is 0 Å². The van der Waals surface area contributed by atoms with Crippen molar-refractivity contribution in [1.82, 2.24) is 10.2 Å². The lowest BCUT2D eigenvalue weighted by atomic mass is 9.91. The first-order valence-corrected chi connectivity index (χ1v) is 6.00. The molecule has 0 aromatic carbocycles. The summed E-state index contributed by atoms with van der Waals surface area (Å²) in [4.78, 5) is 13.6. The van der Waals surface area contributed by atoms with Crippen LogP contribution in [0.25, 0.3) is 0 Å². The zero-order valence-corrected chi connectivity index (χ0v) is 9.69. The first-order valence-electron chi connectivity index (χ1n) is 6.00. The highest BCUT2D eigenvalue weighted by Gasteiger charge is 2.25. The van der Waals surface area contributed by atoms with E-state index in [4.69, 9.17) is 10.2 Å². The van der Waals surface area contributed by atoms with Crippen LogP contribution in [0, 0.1) is 0 Å². The highest BCUT2D eigenvalue weighted by molar-refractivity contribution is 5.78. The summed E-state index contributed by atoms with van der Waals surface area (Å²) in [5.41, 5.74) is 0. The SMILES string of the molecule is O=C(CN(CCCO)C1CCC1)NCCO. The third-order valence-electron chi connectivity index (χ3n) is 2.98. The summed E-state index contributed by atoms with van der Waals surface area (Å²) in [7, 11) is 0. The van der Waals surface area contributed by atoms with Gasteiger partial charge in [-0.25, -0.2) is 0 Å². The fourth-order valence-electron chi connectivity index (χ4n) is 1.85. The molecular weight excluding hydrogens is 208 g/mol. The van der Waals surface area contributed by atoms with Gasteiger partial charge in [-0.1, -0.05) is 6.42 Å². The van der Waals surface area contributed by atoms with Crippen molar-refractivity contribution in [2.24, 2.45) is 0 Å². The van der Waals surface area contributed by atoms with Crippen molar-refractivity contribution in [3.63, 3.8) is 0 Å². The van der Waals surface area contributed by atoms with Crippen LogP contribution in [-0.4, -0.2) is 59.9 Å². The molecular formula is C11H22N2O3. The van der Waals surface area contributed by atoms with Gasteiger partial charge in [0, 0.05) is 25.7 Å². The fraction of sp³-hybridized carbons (Fsp3) is 0.909. The summed E-state index contributed by atoms with van der Waals surface area (Å²) in [5, 5.41) is 20.0. The van der Waals surface area contributed by atoms with Crippen molar-refractivity contribution < 1.29 is 15.0 Å². The monoisotopic (exact) mass is 230 g/mol. The molecule has 1 rings (SSSR count). The number of aliphatic hydroxyl groups excluding tert-OH is 2. The number of amides is 1. The molecule has 1 saturated carbocycles. The Morgan fingerprint density at radius 2 is 2.06 bits per heavy atom. The lowest BCUT2D eigenvalue weighted by molar-refractivity contribution is -0.123. The van der Waals surface area contributed by atoms with Crippen molar-refractivity contribution in [2.75, 3.05) is 32.8 Å². The van der Waals surface area contributed by atoms with Crippen LogP contribution < -0.4 is 5.32 Å². The molecule has 0 aromatic rings. The van der Waals surface area contributed by atoms with Gasteiger partial charge in [0.15, 0.2) is 0 Å². The molecule has 0 unspecified atom stereocenters. The van der Waals surface area contributed by atoms with Gasteiger partial charge in [0.2, 0.25) is 5.91 Å². The van der Waals surface area contributed by atoms with Gasteiger partial charge in [-0.15, -0.1) is 0 Å². The van der Waals surface area contributed by atoms with Crippen LogP contribution in [0.4, 0.5) is 0 Å². The third kappa shape index (κ3) is 4.47. The molecule has 1 aliphatic carbocycles. The lowest BCUT2D eigenvalue weighted by Gasteiger charge is -2.37. The van der Waals surface area contributed by atoms with Crippen molar-refractivity contribution >= 4 is 5.91 Å². The Labute approximate surface area is 96.4 Å². The molecule has 0 saturated heterocycles. The maximum Gasteiger partial charge on any atom is 0.234 e. The second-order valence-corrected chi connectivity index (χ2v) is 4.21. The maximum absolute atomic E-state index is 11.5. The Hall–Kier alpha value is -0.650. The Balaban J connectivity index is 2.27. The highest BCUT2D eigenvalue weighted by Crippen LogP contribution is 2.24. The average molecular weight is 230 g/mol. The molecule has 1 aliphatic rings. The normalized spacial score (nSPS) is 16.2. The van der Waals surface area contributed by atoms with Crippen LogP contribution in [0.2, 0.25) is 0 Å². The zero-order chi connectivity index (χ0) is 11.8. The fourth-order valence-corrected chi connectivity index (χ4v) is 1.85. The molecule has 0 atom stereocenters. The van der Waals surface area contributed by atoms with Crippen molar-refractivity contribution in [1.29, 1.82) is 0 Å². The molecule has 5 heteroatoms. The van der Waals surface area contributed by atoms with Crippen LogP contribution in [0.3, 0.4) is 0 Å². The van der Waals surface area contributed by atoms with Crippen LogP contribution >= 0.6 is 0 Å². The van der Waals surface area contributed by atoms with Crippen LogP contribution in [0.15, 0.2) is 0 Å². The molecule has 0 bridgehead atoms. The van der Waals surface area contributed by atoms with Gasteiger partial charge in [-0.3, -0.25) is 9.69 Å². The van der Waals surface area contributed by atoms with Crippen LogP contribution in [0.1, 0.15) is 25.7 Å². The van der Waals surface area contributed by atoms with E-state index >= 15 is 0 Å². The Morgan fingerprint density at radius 1 is 1.31 bits per heavy atom. The Morgan fingerprint density at radius 3 is 2.56 bits per heavy atom. The summed E-state index contributed by atoms with van der Waals surface area (Å²) in [6.07, 6.45) is 4.25. The van der Waals surface area contributed by atoms with Gasteiger partial charge in [0.25, 0.3) is 0 Å². The van der Waals surface area contributed by atoms with E-state index in [1.807, 2.05) is 0 Å². The molecule has 5 nitrogen and oxygen atoms in total. The number of nitrogens with zero attached hydrogens (tertiary/aromatic N) is 1. The van der Waals surface area contributed by atoms with Crippen LogP contribution in [-0.2, 0) is 4.79 Å². The van der Waals surface area contributed by atoms with E-state index in [0.29, 0.717) is 25.6 Å². The summed E-state index contributed by atoms with van der Waals surface area (Å²) >= 11 is 0. The van der Waals surface area contributed by atoms with Gasteiger partial charge < -0.3 is 15.5 Å². The van der Waals surface area contributed by atoms with E-state index < -0.39 is 0 Å². The standard InChI is InChI=1S/C11H22N2O3/c14-7-2-6-13(10-3-1-4-10)9-11(16)12-5-8-15/h10,14-15H,1-9H2,(H,12,16). The molecule has 0 spiro atoms. The maximum atomic E-state index is 11.5. The molecule has 0 aliphatic heterocycles. The quantitative estimate of drug-likeness (QED) is 0.517. The van der Waals surface area contributed by atoms with Gasteiger partial charge in [-0.2, -0.15) is 0 Å². The Bertz CT molecular complexity index is 207. The van der Waals surface area contributed by atoms with E-state index in [0.717, 1.165) is 19.4 Å². The molecule has 94 valence electrons. The van der Waals surface area contributed by atoms with Gasteiger partial charge in [0.05, 0.1) is 13.2 Å². The minimum absolute atomic E-state index is 0.0220. The first-order chi connectivity index (χ1) is 7.77. The molecule has 3 N–H and O–H groups in total. The number of hydrogen-bond donors (Lipinski definition) is 3. The number of carbonyl (C=O) groups excluding carboxylic acids is 1. The summed E-state index contributed by atoms with van der Waals surface area (Å²) < 4.78 is 0. The smallest absolute Gasteiger partial charge is 0.234 e. The second kappa shape index (κ2) is 7.60. The summed E-state index contributed by atoms with van der Waals surface area (Å²) in [5.74, 6) is -0.0427. The number of hydrogen-bond acceptors (Lipinski definition) is 4. The largest absolute Gasteiger partial charge is 0.396 e. The number of aliphatic hydroxyl groups is 2. The molecule has 1 fully saturated rings. The first kappa shape index (κ1) is 13.4. The lowest BCUT2D eigenvalue weighted by Crippen LogP contribution is -2.46. The van der Waals surface area contributed by atoms with Crippen molar-refractivity contribution in [3.8, 4) is 0 Å². The molecule has 16 heavy (non-hydrogen) atoms. The van der Waals surface area contributed by atoms with Gasteiger partial charge in [0.1, 0.15) is 0 Å². The predicted molar refractivity (Wildman–Crippen MR) is 61.0 cm³/mol. The number of rotatable bonds is 8. The zero-order valence-electron chi connectivity index (χ0n) is 9.69. The van der Waals surface area contributed by atoms with E-state index in [1.54, 1.807) is 0 Å². The minimum atomic E-state index is -0.0427. The average Bonchev–Trinajstić information content (AvgIpc) is 2.20. The molecule has 0 heterocycles. The molecule has 0 aromatic heterocycles. The molecule has 1 amide bonds. The predicted octanol–water partition coefficient (Wildman–Crippen LogP) is -0.668. The van der Waals surface area contributed by atoms with Gasteiger partial charge >= 0.3 is 0 Å². The van der Waals surface area contributed by atoms with Crippen LogP contribution in [0.5, 0.6) is 0 Å². The third-order valence-corrected chi connectivity index (χ3v) is 2.98. The number of carbonyl (C=O) groups is 1. The summed E-state index contributed by atoms with van der Waals surface area (Å²) in [6, 6.07) is 0.506. The molecule has 0 radical (unpaired) electrons. The van der Waals surface area contributed by atoms with E-state index in [1.165, 1.54) is 6.42 Å². The highest BCUT2D eigenvalue weighted by atomic mass is 16.3. The van der Waals surface area contributed by atoms with Crippen molar-refractivity contribution in [2.45, 2.75) is 31.7 Å². The minimum Gasteiger partial charge on any atom is -0.396 e. The Kier molecular flexibility index (Phi) is 6.37. The second-order valence-electron chi connectivity index (χ2n) is 4.21. The summed E-state index contributed by atoms with van der Waals surface area (Å²) in [6.45, 7) is 1.61. The number of nitrogens with one attached hydrogen (secondary N) is 1. The van der Waals surface area contributed by atoms with E-state index in [-0.39, 0.29) is 19.1 Å². The van der Waals surface area contributed by atoms with E-state index in [2.05, 4.69) is 10.2 Å². The van der Waals surface area contributed by atoms with E-state index in [9.17, 15) is 4.79 Å². The topological polar surface area (TPSA) is 72.8 Å². The van der Waals surface area contributed by atoms with Gasteiger partial charge in [-0.05, 0) is 19.3 Å².